The molecule has 2 aromatic rings. The summed E-state index contributed by atoms with van der Waals surface area (Å²) >= 11 is 1.91. The van der Waals surface area contributed by atoms with Crippen molar-refractivity contribution in [2.24, 2.45) is 0 Å². The minimum absolute atomic E-state index is 0.124. The predicted octanol–water partition coefficient (Wildman–Crippen LogP) is 6.61. The lowest BCUT2D eigenvalue weighted by Crippen LogP contribution is -2.21. The molecule has 0 saturated carbocycles. The molecule has 2 aromatic carbocycles. The second-order valence-corrected chi connectivity index (χ2v) is 9.56. The van der Waals surface area contributed by atoms with Crippen LogP contribution in [0, 0.1) is 0 Å². The molecule has 1 aliphatic rings. The maximum absolute atomic E-state index is 11.1. The molecular weight excluding hydrogens is 352 g/mol. The molecule has 0 heterocycles. The van der Waals surface area contributed by atoms with E-state index >= 15 is 0 Å². The highest BCUT2D eigenvalue weighted by molar-refractivity contribution is 8.08. The van der Waals surface area contributed by atoms with Gasteiger partial charge >= 0.3 is 5.97 Å². The van der Waals surface area contributed by atoms with Gasteiger partial charge in [0.15, 0.2) is 0 Å². The predicted molar refractivity (Wildman–Crippen MR) is 116 cm³/mol. The third-order valence-electron chi connectivity index (χ3n) is 5.00. The number of allylic oxidation sites excluding steroid dienone is 1. The Bertz CT molecular complexity index is 918. The van der Waals surface area contributed by atoms with E-state index < -0.39 is 5.97 Å². The average molecular weight is 379 g/mol. The fourth-order valence-electron chi connectivity index (χ4n) is 3.44. The van der Waals surface area contributed by atoms with E-state index in [2.05, 4.69) is 58.5 Å². The van der Waals surface area contributed by atoms with E-state index in [1.807, 2.05) is 23.9 Å². The van der Waals surface area contributed by atoms with E-state index in [1.165, 1.54) is 16.0 Å². The lowest BCUT2D eigenvalue weighted by Gasteiger charge is -2.33. The monoisotopic (exact) mass is 378 g/mol. The molecule has 0 aromatic heterocycles. The number of carboxylic acids is 1. The number of aromatic carboxylic acids is 1. The van der Waals surface area contributed by atoms with Crippen molar-refractivity contribution >= 4 is 28.2 Å². The maximum atomic E-state index is 11.1. The summed E-state index contributed by atoms with van der Waals surface area (Å²) in [6, 6.07) is 13.5. The molecule has 0 fully saturated rings. The summed E-state index contributed by atoms with van der Waals surface area (Å²) in [5.41, 5.74) is 6.02. The third-order valence-corrected chi connectivity index (χ3v) is 6.12. The van der Waals surface area contributed by atoms with E-state index in [0.29, 0.717) is 5.25 Å². The summed E-state index contributed by atoms with van der Waals surface area (Å²) in [5.74, 6) is -0.913. The van der Waals surface area contributed by atoms with Gasteiger partial charge in [0.25, 0.3) is 0 Å². The van der Waals surface area contributed by atoms with Crippen LogP contribution in [0.25, 0.3) is 10.5 Å². The van der Waals surface area contributed by atoms with Gasteiger partial charge in [0, 0.05) is 10.2 Å². The number of fused-ring (bicyclic) bond motifs is 1. The first-order valence-electron chi connectivity index (χ1n) is 9.24. The van der Waals surface area contributed by atoms with Gasteiger partial charge < -0.3 is 5.11 Å². The second kappa shape index (κ2) is 7.40. The van der Waals surface area contributed by atoms with E-state index in [1.54, 1.807) is 12.1 Å². The molecule has 0 radical (unpaired) electrons. The molecule has 0 bridgehead atoms. The molecule has 1 aliphatic carbocycles. The van der Waals surface area contributed by atoms with Crippen molar-refractivity contribution in [1.29, 1.82) is 0 Å². The number of carboxylic acid groups (broad SMARTS) is 1. The van der Waals surface area contributed by atoms with Crippen LogP contribution in [0.5, 0.6) is 0 Å². The quantitative estimate of drug-likeness (QED) is 0.636. The van der Waals surface area contributed by atoms with Gasteiger partial charge in [0.05, 0.1) is 5.56 Å². The van der Waals surface area contributed by atoms with Gasteiger partial charge in [-0.2, -0.15) is 0 Å². The van der Waals surface area contributed by atoms with Crippen LogP contribution in [0.15, 0.2) is 55.1 Å². The molecule has 0 unspecified atom stereocenters. The van der Waals surface area contributed by atoms with Crippen LogP contribution in [-0.4, -0.2) is 16.3 Å². The van der Waals surface area contributed by atoms with Crippen LogP contribution in [-0.2, 0) is 5.41 Å². The molecule has 27 heavy (non-hydrogen) atoms. The Kier molecular flexibility index (Phi) is 5.34. The third kappa shape index (κ3) is 4.03. The van der Waals surface area contributed by atoms with Crippen LogP contribution in [0.3, 0.4) is 0 Å². The van der Waals surface area contributed by atoms with Crippen LogP contribution < -0.4 is 0 Å². The highest BCUT2D eigenvalue weighted by atomic mass is 32.2. The molecule has 2 nitrogen and oxygen atoms in total. The van der Waals surface area contributed by atoms with Gasteiger partial charge in [0.2, 0.25) is 0 Å². The number of carbonyl (C=O) groups is 1. The molecule has 140 valence electrons. The Morgan fingerprint density at radius 1 is 1.07 bits per heavy atom. The number of hydrogen-bond acceptors (Lipinski definition) is 2. The Hall–Kier alpha value is -2.26. The van der Waals surface area contributed by atoms with Crippen LogP contribution >= 0.6 is 11.8 Å². The van der Waals surface area contributed by atoms with Crippen LogP contribution in [0.2, 0.25) is 0 Å². The van der Waals surface area contributed by atoms with Crippen molar-refractivity contribution < 1.29 is 9.90 Å². The maximum Gasteiger partial charge on any atom is 0.335 e. The molecule has 0 spiro atoms. The Morgan fingerprint density at radius 3 is 2.26 bits per heavy atom. The van der Waals surface area contributed by atoms with Crippen molar-refractivity contribution in [3.63, 3.8) is 0 Å². The molecule has 3 heteroatoms. The van der Waals surface area contributed by atoms with Crippen molar-refractivity contribution in [2.75, 3.05) is 0 Å². The minimum Gasteiger partial charge on any atom is -0.478 e. The summed E-state index contributed by atoms with van der Waals surface area (Å²) in [7, 11) is 0. The summed E-state index contributed by atoms with van der Waals surface area (Å²) in [5, 5.41) is 9.61. The molecule has 1 N–H and O–H groups in total. The summed E-state index contributed by atoms with van der Waals surface area (Å²) < 4.78 is 0. The highest BCUT2D eigenvalue weighted by Gasteiger charge is 2.28. The normalized spacial score (nSPS) is 15.2. The van der Waals surface area contributed by atoms with Crippen LogP contribution in [0.1, 0.15) is 66.7 Å². The first-order valence-corrected chi connectivity index (χ1v) is 10.1. The smallest absolute Gasteiger partial charge is 0.335 e. The summed E-state index contributed by atoms with van der Waals surface area (Å²) in [6.45, 7) is 13.3. The number of thioether (sulfide) groups is 1. The second-order valence-electron chi connectivity index (χ2n) is 7.94. The molecule has 0 aliphatic heterocycles. The lowest BCUT2D eigenvalue weighted by atomic mass is 9.75. The zero-order chi connectivity index (χ0) is 19.8. The first-order chi connectivity index (χ1) is 12.7. The van der Waals surface area contributed by atoms with E-state index in [9.17, 15) is 4.79 Å². The van der Waals surface area contributed by atoms with Gasteiger partial charge in [-0.3, -0.25) is 0 Å². The molecule has 3 rings (SSSR count). The number of hydrogen-bond donors (Lipinski definition) is 1. The van der Waals surface area contributed by atoms with Crippen molar-refractivity contribution in [3.8, 4) is 0 Å². The Morgan fingerprint density at radius 2 is 1.67 bits per heavy atom. The fraction of sp³-hybridized carbons (Fsp3) is 0.292. The van der Waals surface area contributed by atoms with Crippen LogP contribution in [0.4, 0.5) is 0 Å². The Labute approximate surface area is 166 Å². The largest absolute Gasteiger partial charge is 0.478 e. The minimum atomic E-state index is -0.913. The number of benzene rings is 2. The van der Waals surface area contributed by atoms with Crippen molar-refractivity contribution in [1.82, 2.24) is 0 Å². The highest BCUT2D eigenvalue weighted by Crippen LogP contribution is 2.45. The van der Waals surface area contributed by atoms with Crippen molar-refractivity contribution in [2.45, 2.75) is 44.8 Å². The van der Waals surface area contributed by atoms with Gasteiger partial charge in [0.1, 0.15) is 0 Å². The SMILES string of the molecule is C=C(c1ccc(C(=O)O)cc1)c1ccc2c(c1)C(SC(C)C)=CCC2(C)C. The molecular formula is C24H26O2S. The summed E-state index contributed by atoms with van der Waals surface area (Å²) in [6.07, 6.45) is 3.41. The number of rotatable bonds is 5. The van der Waals surface area contributed by atoms with E-state index in [4.69, 9.17) is 5.11 Å². The fourth-order valence-corrected chi connectivity index (χ4v) is 4.42. The molecule has 0 amide bonds. The molecule has 0 atom stereocenters. The zero-order valence-corrected chi connectivity index (χ0v) is 17.2. The summed E-state index contributed by atoms with van der Waals surface area (Å²) in [4.78, 5) is 12.4. The standard InChI is InChI=1S/C24H26O2S/c1-15(2)27-22-12-13-24(4,5)21-11-10-19(14-20(21)22)16(3)17-6-8-18(9-7-17)23(25)26/h6-12,14-15H,3,13H2,1-2,4-5H3,(H,25,26). The van der Waals surface area contributed by atoms with E-state index in [0.717, 1.165) is 23.1 Å². The first kappa shape index (κ1) is 19.5. The van der Waals surface area contributed by atoms with Gasteiger partial charge in [-0.05, 0) is 57.9 Å². The molecule has 0 saturated heterocycles. The van der Waals surface area contributed by atoms with E-state index in [-0.39, 0.29) is 11.0 Å². The van der Waals surface area contributed by atoms with Crippen molar-refractivity contribution in [3.05, 3.63) is 82.9 Å². The zero-order valence-electron chi connectivity index (χ0n) is 16.4. The Balaban J connectivity index is 2.00. The lowest BCUT2D eigenvalue weighted by molar-refractivity contribution is 0.0697. The van der Waals surface area contributed by atoms with Gasteiger partial charge in [-0.15, -0.1) is 11.8 Å². The van der Waals surface area contributed by atoms with Gasteiger partial charge in [-0.25, -0.2) is 4.79 Å². The van der Waals surface area contributed by atoms with Gasteiger partial charge in [-0.1, -0.05) is 64.6 Å². The average Bonchev–Trinajstić information content (AvgIpc) is 2.63. The topological polar surface area (TPSA) is 37.3 Å².